The summed E-state index contributed by atoms with van der Waals surface area (Å²) in [7, 11) is -2.38. The van der Waals surface area contributed by atoms with Crippen LogP contribution in [-0.4, -0.2) is 34.7 Å². The summed E-state index contributed by atoms with van der Waals surface area (Å²) in [6.45, 7) is -0.0641. The molecule has 1 aliphatic rings. The molecule has 0 bridgehead atoms. The largest absolute Gasteiger partial charge is 0.493 e. The number of methoxy groups -OCH3 is 1. The van der Waals surface area contributed by atoms with E-state index in [0.717, 1.165) is 30.6 Å². The van der Waals surface area contributed by atoms with Gasteiger partial charge in [-0.25, -0.2) is 4.98 Å². The molecule has 1 aliphatic heterocycles. The van der Waals surface area contributed by atoms with Crippen molar-refractivity contribution in [2.45, 2.75) is 11.5 Å². The molecule has 40 heavy (non-hydrogen) atoms. The van der Waals surface area contributed by atoms with Gasteiger partial charge in [0.25, 0.3) is 10.0 Å². The van der Waals surface area contributed by atoms with E-state index < -0.39 is 10.0 Å². The molecule has 7 rings (SSSR count). The molecule has 3 heterocycles. The maximum absolute atomic E-state index is 13.5. The Bertz CT molecular complexity index is 1950. The monoisotopic (exact) mass is 567 g/mol. The van der Waals surface area contributed by atoms with Crippen LogP contribution in [0.1, 0.15) is 5.82 Å². The first-order valence-corrected chi connectivity index (χ1v) is 14.6. The van der Waals surface area contributed by atoms with Crippen LogP contribution in [0.15, 0.2) is 102 Å². The Labute approximate surface area is 234 Å². The Morgan fingerprint density at radius 2 is 1.62 bits per heavy atom. The molecule has 0 aliphatic carbocycles. The minimum absolute atomic E-state index is 0.0641. The molecular formula is C29H21N5O4S2. The van der Waals surface area contributed by atoms with Crippen molar-refractivity contribution in [2.75, 3.05) is 12.0 Å². The molecular weight excluding hydrogens is 546 g/mol. The van der Waals surface area contributed by atoms with Crippen LogP contribution in [0.4, 0.5) is 17.3 Å². The third-order valence-electron chi connectivity index (χ3n) is 6.49. The molecule has 11 heteroatoms. The fraction of sp³-hybridized carbons (Fsp3) is 0.0690. The van der Waals surface area contributed by atoms with Crippen molar-refractivity contribution in [1.29, 1.82) is 0 Å². The molecule has 0 spiro atoms. The highest BCUT2D eigenvalue weighted by atomic mass is 32.2. The lowest BCUT2D eigenvalue weighted by molar-refractivity contribution is 0.276. The number of nitrogens with zero attached hydrogens (tertiary/aromatic N) is 5. The molecule has 198 valence electrons. The van der Waals surface area contributed by atoms with Gasteiger partial charge in [0.2, 0.25) is 5.95 Å². The molecule has 0 radical (unpaired) electrons. The summed E-state index contributed by atoms with van der Waals surface area (Å²) in [4.78, 5) is 11.2. The number of benzene rings is 4. The molecule has 0 amide bonds. The van der Waals surface area contributed by atoms with Gasteiger partial charge in [0, 0.05) is 11.3 Å². The van der Waals surface area contributed by atoms with Crippen LogP contribution >= 0.6 is 11.3 Å². The molecule has 0 saturated heterocycles. The van der Waals surface area contributed by atoms with Gasteiger partial charge >= 0.3 is 0 Å². The van der Waals surface area contributed by atoms with Crippen molar-refractivity contribution in [3.8, 4) is 22.1 Å². The third-order valence-corrected chi connectivity index (χ3v) is 9.18. The van der Waals surface area contributed by atoms with Crippen molar-refractivity contribution < 1.29 is 17.9 Å². The van der Waals surface area contributed by atoms with Gasteiger partial charge in [-0.15, -0.1) is 20.5 Å². The first-order chi connectivity index (χ1) is 19.5. The molecule has 0 fully saturated rings. The van der Waals surface area contributed by atoms with Crippen LogP contribution in [-0.2, 0) is 16.6 Å². The zero-order valence-electron chi connectivity index (χ0n) is 21.1. The van der Waals surface area contributed by atoms with E-state index >= 15 is 0 Å². The fourth-order valence-corrected chi connectivity index (χ4v) is 7.00. The average molecular weight is 568 g/mol. The molecule has 9 nitrogen and oxygen atoms in total. The van der Waals surface area contributed by atoms with Gasteiger partial charge in [-0.05, 0) is 54.6 Å². The summed E-state index contributed by atoms with van der Waals surface area (Å²) >= 11 is 1.60. The zero-order chi connectivity index (χ0) is 27.3. The molecule has 0 saturated carbocycles. The van der Waals surface area contributed by atoms with Crippen molar-refractivity contribution in [2.24, 2.45) is 0 Å². The number of rotatable bonds is 6. The lowest BCUT2D eigenvalue weighted by Gasteiger charge is -2.29. The molecule has 0 N–H and O–H groups in total. The highest BCUT2D eigenvalue weighted by Gasteiger charge is 2.37. The van der Waals surface area contributed by atoms with Crippen molar-refractivity contribution in [1.82, 2.24) is 19.2 Å². The van der Waals surface area contributed by atoms with Gasteiger partial charge in [0.05, 0.1) is 23.0 Å². The maximum Gasteiger partial charge on any atom is 0.288 e. The Balaban J connectivity index is 1.21. The topological polar surface area (TPSA) is 99.4 Å². The van der Waals surface area contributed by atoms with E-state index in [1.54, 1.807) is 53.7 Å². The van der Waals surface area contributed by atoms with Gasteiger partial charge < -0.3 is 9.47 Å². The normalized spacial score (nSPS) is 13.6. The summed E-state index contributed by atoms with van der Waals surface area (Å²) in [5.41, 5.74) is 3.12. The van der Waals surface area contributed by atoms with Crippen LogP contribution in [0.3, 0.4) is 0 Å². The van der Waals surface area contributed by atoms with E-state index in [-0.39, 0.29) is 23.3 Å². The number of anilines is 3. The number of hydrogen-bond donors (Lipinski definition) is 0. The third kappa shape index (κ3) is 3.98. The summed E-state index contributed by atoms with van der Waals surface area (Å²) in [5, 5.41) is 5.22. The fourth-order valence-electron chi connectivity index (χ4n) is 4.64. The predicted octanol–water partition coefficient (Wildman–Crippen LogP) is 6.16. The number of ether oxygens (including phenoxy) is 2. The van der Waals surface area contributed by atoms with Crippen LogP contribution in [0, 0.1) is 0 Å². The molecule has 4 aromatic carbocycles. The Kier molecular flexibility index (Phi) is 5.76. The second-order valence-corrected chi connectivity index (χ2v) is 11.7. The molecule has 0 unspecified atom stereocenters. The van der Waals surface area contributed by atoms with Crippen molar-refractivity contribution >= 4 is 48.9 Å². The smallest absolute Gasteiger partial charge is 0.288 e. The van der Waals surface area contributed by atoms with Gasteiger partial charge in [-0.1, -0.05) is 42.5 Å². The Morgan fingerprint density at radius 3 is 2.45 bits per heavy atom. The van der Waals surface area contributed by atoms with Gasteiger partial charge in [0.15, 0.2) is 17.3 Å². The number of hydrogen-bond acceptors (Lipinski definition) is 9. The zero-order valence-corrected chi connectivity index (χ0v) is 22.8. The van der Waals surface area contributed by atoms with E-state index in [1.807, 2.05) is 66.7 Å². The number of aromatic nitrogens is 4. The second-order valence-electron chi connectivity index (χ2n) is 8.96. The summed E-state index contributed by atoms with van der Waals surface area (Å²) in [5.74, 6) is 1.38. The van der Waals surface area contributed by atoms with Gasteiger partial charge in [-0.2, -0.15) is 13.4 Å². The lowest BCUT2D eigenvalue weighted by atomic mass is 10.2. The average Bonchev–Trinajstić information content (AvgIpc) is 3.62. The first kappa shape index (κ1) is 24.3. The number of para-hydroxylation sites is 3. The molecule has 0 atom stereocenters. The van der Waals surface area contributed by atoms with Gasteiger partial charge in [0.1, 0.15) is 16.5 Å². The van der Waals surface area contributed by atoms with E-state index in [0.29, 0.717) is 17.2 Å². The Hall–Kier alpha value is -4.74. The van der Waals surface area contributed by atoms with Crippen LogP contribution < -0.4 is 14.4 Å². The van der Waals surface area contributed by atoms with E-state index in [1.165, 1.54) is 0 Å². The second kappa shape index (κ2) is 9.47. The predicted molar refractivity (Wildman–Crippen MR) is 153 cm³/mol. The van der Waals surface area contributed by atoms with E-state index in [9.17, 15) is 8.42 Å². The minimum Gasteiger partial charge on any atom is -0.493 e. The summed E-state index contributed by atoms with van der Waals surface area (Å²) in [6, 6.07) is 29.8. The van der Waals surface area contributed by atoms with Crippen LogP contribution in [0.25, 0.3) is 20.8 Å². The molecule has 6 aromatic rings. The van der Waals surface area contributed by atoms with E-state index in [2.05, 4.69) is 10.1 Å². The molecule has 2 aromatic heterocycles. The summed E-state index contributed by atoms with van der Waals surface area (Å²) < 4.78 is 40.6. The highest BCUT2D eigenvalue weighted by molar-refractivity contribution is 7.90. The standard InChI is InChI=1S/C29H21N5O4S2/c1-37-24-17-19(28-30-21-11-5-7-13-25(21)39-28)15-16-23(24)38-18-27-31-29-33(20-9-3-2-4-10-20)22-12-6-8-14-26(22)40(35,36)34(29)32-27/h2-17H,18H2,1H3. The number of thiazole rings is 1. The minimum atomic E-state index is -3.95. The van der Waals surface area contributed by atoms with Crippen LogP contribution in [0.5, 0.6) is 11.5 Å². The lowest BCUT2D eigenvalue weighted by Crippen LogP contribution is -2.28. The number of fused-ring (bicyclic) bond motifs is 3. The van der Waals surface area contributed by atoms with Crippen molar-refractivity contribution in [3.63, 3.8) is 0 Å². The van der Waals surface area contributed by atoms with E-state index in [4.69, 9.17) is 14.5 Å². The Morgan fingerprint density at radius 1 is 0.850 bits per heavy atom. The maximum atomic E-state index is 13.5. The quantitative estimate of drug-likeness (QED) is 0.236. The highest BCUT2D eigenvalue weighted by Crippen LogP contribution is 2.43. The SMILES string of the molecule is COc1cc(-c2nc3ccccc3s2)ccc1OCc1nc2n(n1)S(=O)(=O)c1ccccc1N2c1ccccc1. The van der Waals surface area contributed by atoms with Gasteiger partial charge in [-0.3, -0.25) is 4.90 Å². The van der Waals surface area contributed by atoms with Crippen molar-refractivity contribution in [3.05, 3.63) is 103 Å². The van der Waals surface area contributed by atoms with Crippen LogP contribution in [0.2, 0.25) is 0 Å². The first-order valence-electron chi connectivity index (χ1n) is 12.4. The summed E-state index contributed by atoms with van der Waals surface area (Å²) in [6.07, 6.45) is 0.